The fourth-order valence-electron chi connectivity index (χ4n) is 2.03. The second-order valence-electron chi connectivity index (χ2n) is 4.36. The summed E-state index contributed by atoms with van der Waals surface area (Å²) in [5.74, 6) is -0.439. The molecule has 0 unspecified atom stereocenters. The van der Waals surface area contributed by atoms with Gasteiger partial charge in [0.05, 0.1) is 22.6 Å². The highest BCUT2D eigenvalue weighted by molar-refractivity contribution is 9.10. The second-order valence-corrected chi connectivity index (χ2v) is 5.27. The highest BCUT2D eigenvalue weighted by Crippen LogP contribution is 2.29. The first kappa shape index (κ1) is 12.9. The lowest BCUT2D eigenvalue weighted by Crippen LogP contribution is -1.99. The SMILES string of the molecule is Nc1c(F)cccc1Nc1cccc2cc(Br)cnc12. The topological polar surface area (TPSA) is 50.9 Å². The maximum Gasteiger partial charge on any atom is 0.148 e. The van der Waals surface area contributed by atoms with E-state index < -0.39 is 5.82 Å². The molecule has 1 aromatic heterocycles. The molecule has 0 spiro atoms. The number of halogens is 2. The van der Waals surface area contributed by atoms with Crippen LogP contribution in [-0.2, 0) is 0 Å². The molecule has 0 amide bonds. The average Bonchev–Trinajstić information content (AvgIpc) is 2.44. The fourth-order valence-corrected chi connectivity index (χ4v) is 2.37. The minimum atomic E-state index is -0.439. The number of fused-ring (bicyclic) bond motifs is 1. The van der Waals surface area contributed by atoms with E-state index in [9.17, 15) is 4.39 Å². The zero-order valence-corrected chi connectivity index (χ0v) is 12.0. The second kappa shape index (κ2) is 5.09. The fraction of sp³-hybridized carbons (Fsp3) is 0. The lowest BCUT2D eigenvalue weighted by atomic mass is 10.1. The van der Waals surface area contributed by atoms with Gasteiger partial charge in [0.15, 0.2) is 0 Å². The highest BCUT2D eigenvalue weighted by Gasteiger charge is 2.07. The largest absolute Gasteiger partial charge is 0.395 e. The summed E-state index contributed by atoms with van der Waals surface area (Å²) in [5.41, 5.74) is 7.95. The van der Waals surface area contributed by atoms with Crippen molar-refractivity contribution in [2.45, 2.75) is 0 Å². The predicted octanol–water partition coefficient (Wildman–Crippen LogP) is 4.46. The quantitative estimate of drug-likeness (QED) is 0.681. The number of nitrogens with two attached hydrogens (primary N) is 1. The number of anilines is 3. The van der Waals surface area contributed by atoms with Crippen LogP contribution in [0.1, 0.15) is 0 Å². The number of pyridine rings is 1. The van der Waals surface area contributed by atoms with Crippen molar-refractivity contribution in [1.29, 1.82) is 0 Å². The first-order valence-electron chi connectivity index (χ1n) is 6.00. The van der Waals surface area contributed by atoms with E-state index in [2.05, 4.69) is 26.2 Å². The van der Waals surface area contributed by atoms with Crippen LogP contribution in [-0.4, -0.2) is 4.98 Å². The van der Waals surface area contributed by atoms with E-state index in [0.717, 1.165) is 21.1 Å². The monoisotopic (exact) mass is 331 g/mol. The van der Waals surface area contributed by atoms with Crippen LogP contribution in [0.5, 0.6) is 0 Å². The van der Waals surface area contributed by atoms with Crippen molar-refractivity contribution in [3.63, 3.8) is 0 Å². The summed E-state index contributed by atoms with van der Waals surface area (Å²) >= 11 is 3.39. The third-order valence-electron chi connectivity index (χ3n) is 3.00. The maximum atomic E-state index is 13.5. The first-order chi connectivity index (χ1) is 9.65. The molecule has 0 bridgehead atoms. The number of para-hydroxylation sites is 2. The van der Waals surface area contributed by atoms with Crippen molar-refractivity contribution in [3.05, 3.63) is 59.0 Å². The summed E-state index contributed by atoms with van der Waals surface area (Å²) in [6, 6.07) is 12.4. The summed E-state index contributed by atoms with van der Waals surface area (Å²) in [4.78, 5) is 4.39. The molecule has 0 fully saturated rings. The zero-order chi connectivity index (χ0) is 14.1. The Labute approximate surface area is 123 Å². The lowest BCUT2D eigenvalue weighted by molar-refractivity contribution is 0.633. The molecule has 20 heavy (non-hydrogen) atoms. The summed E-state index contributed by atoms with van der Waals surface area (Å²) in [6.07, 6.45) is 1.72. The van der Waals surface area contributed by atoms with Gasteiger partial charge in [-0.15, -0.1) is 0 Å². The van der Waals surface area contributed by atoms with E-state index in [0.29, 0.717) is 5.69 Å². The lowest BCUT2D eigenvalue weighted by Gasteiger charge is -2.11. The van der Waals surface area contributed by atoms with Crippen molar-refractivity contribution in [2.75, 3.05) is 11.1 Å². The number of rotatable bonds is 2. The molecule has 3 N–H and O–H groups in total. The average molecular weight is 332 g/mol. The van der Waals surface area contributed by atoms with E-state index in [1.54, 1.807) is 18.3 Å². The van der Waals surface area contributed by atoms with E-state index in [1.165, 1.54) is 6.07 Å². The Morgan fingerprint density at radius 2 is 1.85 bits per heavy atom. The minimum absolute atomic E-state index is 0.0987. The van der Waals surface area contributed by atoms with Crippen LogP contribution < -0.4 is 11.1 Å². The minimum Gasteiger partial charge on any atom is -0.395 e. The van der Waals surface area contributed by atoms with Gasteiger partial charge in [0, 0.05) is 16.1 Å². The molecular formula is C15H11BrFN3. The van der Waals surface area contributed by atoms with Gasteiger partial charge < -0.3 is 11.1 Å². The smallest absolute Gasteiger partial charge is 0.148 e. The molecule has 0 aliphatic rings. The van der Waals surface area contributed by atoms with Gasteiger partial charge in [0.1, 0.15) is 5.82 Å². The van der Waals surface area contributed by atoms with Crippen molar-refractivity contribution >= 4 is 43.9 Å². The van der Waals surface area contributed by atoms with Crippen LogP contribution in [0.4, 0.5) is 21.5 Å². The highest BCUT2D eigenvalue weighted by atomic mass is 79.9. The van der Waals surface area contributed by atoms with Gasteiger partial charge in [-0.1, -0.05) is 18.2 Å². The van der Waals surface area contributed by atoms with E-state index in [-0.39, 0.29) is 5.69 Å². The molecule has 100 valence electrons. The van der Waals surface area contributed by atoms with Crippen LogP contribution in [0.25, 0.3) is 10.9 Å². The van der Waals surface area contributed by atoms with Crippen LogP contribution >= 0.6 is 15.9 Å². The molecule has 0 saturated carbocycles. The van der Waals surface area contributed by atoms with Crippen molar-refractivity contribution in [2.24, 2.45) is 0 Å². The van der Waals surface area contributed by atoms with Crippen LogP contribution in [0.2, 0.25) is 0 Å². The number of hydrogen-bond acceptors (Lipinski definition) is 3. The number of aromatic nitrogens is 1. The molecule has 3 nitrogen and oxygen atoms in total. The van der Waals surface area contributed by atoms with Gasteiger partial charge in [-0.05, 0) is 40.2 Å². The van der Waals surface area contributed by atoms with Gasteiger partial charge in [0.25, 0.3) is 0 Å². The van der Waals surface area contributed by atoms with Crippen LogP contribution in [0, 0.1) is 5.82 Å². The molecule has 0 saturated heterocycles. The summed E-state index contributed by atoms with van der Waals surface area (Å²) < 4.78 is 14.4. The number of hydrogen-bond donors (Lipinski definition) is 2. The molecule has 3 rings (SSSR count). The van der Waals surface area contributed by atoms with Gasteiger partial charge in [-0.25, -0.2) is 4.39 Å². The Hall–Kier alpha value is -2.14. The van der Waals surface area contributed by atoms with Gasteiger partial charge in [-0.2, -0.15) is 0 Å². The molecular weight excluding hydrogens is 321 g/mol. The normalized spacial score (nSPS) is 10.7. The molecule has 0 radical (unpaired) electrons. The molecule has 1 heterocycles. The van der Waals surface area contributed by atoms with E-state index in [1.807, 2.05) is 24.3 Å². The number of nitrogen functional groups attached to an aromatic ring is 1. The summed E-state index contributed by atoms with van der Waals surface area (Å²) in [6.45, 7) is 0. The van der Waals surface area contributed by atoms with Crippen LogP contribution in [0.15, 0.2) is 53.1 Å². The third-order valence-corrected chi connectivity index (χ3v) is 3.43. The Kier molecular flexibility index (Phi) is 3.28. The number of nitrogens with zero attached hydrogens (tertiary/aromatic N) is 1. The predicted molar refractivity (Wildman–Crippen MR) is 83.5 cm³/mol. The summed E-state index contributed by atoms with van der Waals surface area (Å²) in [5, 5.41) is 4.12. The zero-order valence-electron chi connectivity index (χ0n) is 10.4. The molecule has 5 heteroatoms. The summed E-state index contributed by atoms with van der Waals surface area (Å²) in [7, 11) is 0. The molecule has 0 atom stereocenters. The Morgan fingerprint density at radius 3 is 2.70 bits per heavy atom. The molecule has 3 aromatic rings. The van der Waals surface area contributed by atoms with Gasteiger partial charge >= 0.3 is 0 Å². The Balaban J connectivity index is 2.09. The molecule has 2 aromatic carbocycles. The van der Waals surface area contributed by atoms with Gasteiger partial charge in [-0.3, -0.25) is 4.98 Å². The van der Waals surface area contributed by atoms with Crippen molar-refractivity contribution in [3.8, 4) is 0 Å². The molecule has 0 aliphatic heterocycles. The Bertz CT molecular complexity index is 789. The number of benzene rings is 2. The van der Waals surface area contributed by atoms with Crippen molar-refractivity contribution in [1.82, 2.24) is 4.98 Å². The Morgan fingerprint density at radius 1 is 1.10 bits per heavy atom. The maximum absolute atomic E-state index is 13.5. The van der Waals surface area contributed by atoms with Crippen molar-refractivity contribution < 1.29 is 4.39 Å². The first-order valence-corrected chi connectivity index (χ1v) is 6.80. The standard InChI is InChI=1S/C15H11BrFN3/c16-10-7-9-3-1-6-13(15(9)19-8-10)20-12-5-2-4-11(17)14(12)18/h1-8,20H,18H2. The van der Waals surface area contributed by atoms with Gasteiger partial charge in [0.2, 0.25) is 0 Å². The van der Waals surface area contributed by atoms with E-state index >= 15 is 0 Å². The molecule has 0 aliphatic carbocycles. The van der Waals surface area contributed by atoms with E-state index in [4.69, 9.17) is 5.73 Å². The van der Waals surface area contributed by atoms with Crippen LogP contribution in [0.3, 0.4) is 0 Å². The third kappa shape index (κ3) is 2.32. The number of nitrogens with one attached hydrogen (secondary N) is 1.